The number of amides is 1. The van der Waals surface area contributed by atoms with Crippen LogP contribution in [0.1, 0.15) is 10.4 Å². The van der Waals surface area contributed by atoms with E-state index >= 15 is 0 Å². The van der Waals surface area contributed by atoms with Crippen LogP contribution in [0, 0.1) is 0 Å². The summed E-state index contributed by atoms with van der Waals surface area (Å²) in [7, 11) is -3.63. The van der Waals surface area contributed by atoms with Gasteiger partial charge in [0, 0.05) is 43.0 Å². The maximum Gasteiger partial charge on any atom is 0.254 e. The van der Waals surface area contributed by atoms with Gasteiger partial charge in [-0.1, -0.05) is 29.3 Å². The van der Waals surface area contributed by atoms with Crippen molar-refractivity contribution < 1.29 is 17.9 Å². The molecule has 1 aromatic heterocycles. The van der Waals surface area contributed by atoms with E-state index in [0.717, 1.165) is 0 Å². The van der Waals surface area contributed by atoms with Crippen molar-refractivity contribution in [2.24, 2.45) is 0 Å². The largest absolute Gasteiger partial charge is 0.471 e. The minimum absolute atomic E-state index is 0.158. The van der Waals surface area contributed by atoms with Gasteiger partial charge in [0.15, 0.2) is 6.73 Å². The standard InChI is InChI=1S/C21H20Cl2N4O4S/c22-17-4-6-20(7-5-17)32(29,30)27-10-8-25(9-11-27)21(28)16-2-1-3-19(12-16)31-15-26-14-18(23)13-24-26/h1-7,12-14H,8-11,15H2. The molecule has 32 heavy (non-hydrogen) atoms. The van der Waals surface area contributed by atoms with Crippen molar-refractivity contribution in [2.75, 3.05) is 26.2 Å². The molecule has 168 valence electrons. The summed E-state index contributed by atoms with van der Waals surface area (Å²) >= 11 is 11.7. The third kappa shape index (κ3) is 5.07. The van der Waals surface area contributed by atoms with Crippen molar-refractivity contribution in [2.45, 2.75) is 11.6 Å². The van der Waals surface area contributed by atoms with Crippen LogP contribution in [0.2, 0.25) is 10.0 Å². The number of aromatic nitrogens is 2. The van der Waals surface area contributed by atoms with Crippen LogP contribution < -0.4 is 4.74 Å². The summed E-state index contributed by atoms with van der Waals surface area (Å²) in [5.74, 6) is 0.340. The minimum Gasteiger partial charge on any atom is -0.471 e. The van der Waals surface area contributed by atoms with Crippen LogP contribution >= 0.6 is 23.2 Å². The Morgan fingerprint density at radius 3 is 2.38 bits per heavy atom. The molecule has 0 spiro atoms. The zero-order chi connectivity index (χ0) is 22.7. The third-order valence-corrected chi connectivity index (χ3v) is 7.38. The highest BCUT2D eigenvalue weighted by molar-refractivity contribution is 7.89. The van der Waals surface area contributed by atoms with Crippen LogP contribution in [0.25, 0.3) is 0 Å². The van der Waals surface area contributed by atoms with Gasteiger partial charge in [-0.15, -0.1) is 0 Å². The number of nitrogens with zero attached hydrogens (tertiary/aromatic N) is 4. The highest BCUT2D eigenvalue weighted by Crippen LogP contribution is 2.21. The first-order valence-corrected chi connectivity index (χ1v) is 12.0. The van der Waals surface area contributed by atoms with E-state index in [0.29, 0.717) is 34.4 Å². The molecule has 4 rings (SSSR count). The highest BCUT2D eigenvalue weighted by atomic mass is 35.5. The predicted octanol–water partition coefficient (Wildman–Crippen LogP) is 3.37. The van der Waals surface area contributed by atoms with Gasteiger partial charge in [-0.3, -0.25) is 4.79 Å². The number of benzene rings is 2. The van der Waals surface area contributed by atoms with Gasteiger partial charge in [0.1, 0.15) is 5.75 Å². The molecule has 1 saturated heterocycles. The fraction of sp³-hybridized carbons (Fsp3) is 0.238. The van der Waals surface area contributed by atoms with Gasteiger partial charge in [-0.25, -0.2) is 13.1 Å². The number of sulfonamides is 1. The van der Waals surface area contributed by atoms with Crippen molar-refractivity contribution in [3.8, 4) is 5.75 Å². The minimum atomic E-state index is -3.63. The lowest BCUT2D eigenvalue weighted by atomic mass is 10.1. The summed E-state index contributed by atoms with van der Waals surface area (Å²) in [5, 5.41) is 5.02. The Morgan fingerprint density at radius 2 is 1.72 bits per heavy atom. The zero-order valence-corrected chi connectivity index (χ0v) is 19.2. The molecule has 0 aliphatic carbocycles. The monoisotopic (exact) mass is 494 g/mol. The molecule has 0 atom stereocenters. The SMILES string of the molecule is O=C(c1cccc(OCn2cc(Cl)cn2)c1)N1CCN(S(=O)(=O)c2ccc(Cl)cc2)CC1. The van der Waals surface area contributed by atoms with Crippen LogP contribution in [-0.4, -0.2) is 59.5 Å². The molecular formula is C21H20Cl2N4O4S. The number of ether oxygens (including phenoxy) is 1. The number of hydrogen-bond donors (Lipinski definition) is 0. The molecule has 1 aliphatic rings. The average Bonchev–Trinajstić information content (AvgIpc) is 3.23. The first kappa shape index (κ1) is 22.6. The molecule has 0 bridgehead atoms. The van der Waals surface area contributed by atoms with Gasteiger partial charge in [-0.2, -0.15) is 9.40 Å². The Balaban J connectivity index is 1.37. The van der Waals surface area contributed by atoms with Crippen molar-refractivity contribution >= 4 is 39.1 Å². The molecular weight excluding hydrogens is 475 g/mol. The van der Waals surface area contributed by atoms with E-state index in [-0.39, 0.29) is 30.6 Å². The molecule has 1 fully saturated rings. The van der Waals surface area contributed by atoms with Crippen LogP contribution in [-0.2, 0) is 16.8 Å². The average molecular weight is 495 g/mol. The number of piperazine rings is 1. The first-order chi connectivity index (χ1) is 15.3. The van der Waals surface area contributed by atoms with Gasteiger partial charge < -0.3 is 9.64 Å². The molecule has 11 heteroatoms. The molecule has 2 heterocycles. The van der Waals surface area contributed by atoms with Gasteiger partial charge in [-0.05, 0) is 42.5 Å². The van der Waals surface area contributed by atoms with Gasteiger partial charge >= 0.3 is 0 Å². The molecule has 8 nitrogen and oxygen atoms in total. The molecule has 0 radical (unpaired) electrons. The molecule has 2 aromatic carbocycles. The second-order valence-corrected chi connectivity index (χ2v) is 9.96. The van der Waals surface area contributed by atoms with E-state index in [4.69, 9.17) is 27.9 Å². The van der Waals surface area contributed by atoms with Crippen molar-refractivity contribution in [3.63, 3.8) is 0 Å². The molecule has 1 amide bonds. The lowest BCUT2D eigenvalue weighted by Crippen LogP contribution is -2.50. The summed E-state index contributed by atoms with van der Waals surface area (Å²) < 4.78 is 34.3. The van der Waals surface area contributed by atoms with E-state index in [1.807, 2.05) is 0 Å². The molecule has 0 saturated carbocycles. The van der Waals surface area contributed by atoms with E-state index in [1.165, 1.54) is 27.3 Å². The van der Waals surface area contributed by atoms with Crippen LogP contribution in [0.15, 0.2) is 65.8 Å². The Morgan fingerprint density at radius 1 is 1.00 bits per heavy atom. The zero-order valence-electron chi connectivity index (χ0n) is 16.9. The summed E-state index contributed by atoms with van der Waals surface area (Å²) in [5.41, 5.74) is 0.468. The van der Waals surface area contributed by atoms with Crippen LogP contribution in [0.3, 0.4) is 0 Å². The summed E-state index contributed by atoms with van der Waals surface area (Å²) in [6.45, 7) is 1.18. The molecule has 0 unspecified atom stereocenters. The Kier molecular flexibility index (Phi) is 6.71. The normalized spacial score (nSPS) is 15.0. The van der Waals surface area contributed by atoms with Gasteiger partial charge in [0.05, 0.1) is 16.1 Å². The van der Waals surface area contributed by atoms with Gasteiger partial charge in [0.2, 0.25) is 10.0 Å². The van der Waals surface area contributed by atoms with Crippen molar-refractivity contribution in [1.82, 2.24) is 19.0 Å². The van der Waals surface area contributed by atoms with E-state index < -0.39 is 10.0 Å². The molecule has 0 N–H and O–H groups in total. The fourth-order valence-electron chi connectivity index (χ4n) is 3.34. The number of rotatable bonds is 6. The molecule has 1 aliphatic heterocycles. The summed E-state index contributed by atoms with van der Waals surface area (Å²) in [6.07, 6.45) is 3.14. The highest BCUT2D eigenvalue weighted by Gasteiger charge is 2.30. The lowest BCUT2D eigenvalue weighted by Gasteiger charge is -2.34. The van der Waals surface area contributed by atoms with Crippen molar-refractivity contribution in [1.29, 1.82) is 0 Å². The predicted molar refractivity (Wildman–Crippen MR) is 120 cm³/mol. The van der Waals surface area contributed by atoms with E-state index in [9.17, 15) is 13.2 Å². The molecule has 3 aromatic rings. The number of halogens is 2. The Labute approximate surface area is 195 Å². The summed E-state index contributed by atoms with van der Waals surface area (Å²) in [6, 6.07) is 12.9. The second kappa shape index (κ2) is 9.50. The smallest absolute Gasteiger partial charge is 0.254 e. The first-order valence-electron chi connectivity index (χ1n) is 9.79. The van der Waals surface area contributed by atoms with E-state index in [2.05, 4.69) is 5.10 Å². The summed E-state index contributed by atoms with van der Waals surface area (Å²) in [4.78, 5) is 14.8. The maximum atomic E-state index is 12.9. The second-order valence-electron chi connectivity index (χ2n) is 7.15. The Hall–Kier alpha value is -2.59. The number of carbonyl (C=O) groups is 1. The topological polar surface area (TPSA) is 84.7 Å². The Bertz CT molecular complexity index is 1210. The van der Waals surface area contributed by atoms with Crippen LogP contribution in [0.4, 0.5) is 0 Å². The number of carbonyl (C=O) groups excluding carboxylic acids is 1. The van der Waals surface area contributed by atoms with Crippen LogP contribution in [0.5, 0.6) is 5.75 Å². The number of hydrogen-bond acceptors (Lipinski definition) is 5. The van der Waals surface area contributed by atoms with Gasteiger partial charge in [0.25, 0.3) is 5.91 Å². The maximum absolute atomic E-state index is 12.9. The lowest BCUT2D eigenvalue weighted by molar-refractivity contribution is 0.0697. The third-order valence-electron chi connectivity index (χ3n) is 5.02. The quantitative estimate of drug-likeness (QED) is 0.524. The van der Waals surface area contributed by atoms with Crippen molar-refractivity contribution in [3.05, 3.63) is 76.5 Å². The fourth-order valence-corrected chi connectivity index (χ4v) is 5.04. The van der Waals surface area contributed by atoms with E-state index in [1.54, 1.807) is 47.5 Å².